The summed E-state index contributed by atoms with van der Waals surface area (Å²) in [4.78, 5) is 10.5. The summed E-state index contributed by atoms with van der Waals surface area (Å²) < 4.78 is 63.9. The molecular formula is C27H29F4N7O. The van der Waals surface area contributed by atoms with Gasteiger partial charge in [0.15, 0.2) is 5.82 Å². The molecule has 0 bridgehead atoms. The molecule has 0 amide bonds. The van der Waals surface area contributed by atoms with Crippen LogP contribution in [0.15, 0.2) is 30.3 Å². The third-order valence-corrected chi connectivity index (χ3v) is 7.58. The number of hydrogen-bond donors (Lipinski definition) is 2. The number of methoxy groups -OCH3 is 1. The monoisotopic (exact) mass is 543 g/mol. The summed E-state index contributed by atoms with van der Waals surface area (Å²) in [6.07, 6.45) is -3.36. The molecule has 0 unspecified atom stereocenters. The maximum atomic E-state index is 14.2. The van der Waals surface area contributed by atoms with E-state index in [4.69, 9.17) is 20.9 Å². The highest BCUT2D eigenvalue weighted by Gasteiger charge is 2.34. The fourth-order valence-corrected chi connectivity index (χ4v) is 5.49. The minimum Gasteiger partial charge on any atom is -0.494 e. The smallest absolute Gasteiger partial charge is 0.433 e. The van der Waals surface area contributed by atoms with Crippen LogP contribution in [0.5, 0.6) is 5.75 Å². The summed E-state index contributed by atoms with van der Waals surface area (Å²) in [6, 6.07) is 7.38. The van der Waals surface area contributed by atoms with E-state index in [0.29, 0.717) is 58.3 Å². The second-order valence-corrected chi connectivity index (χ2v) is 10.6. The van der Waals surface area contributed by atoms with Crippen LogP contribution in [0.2, 0.25) is 0 Å². The van der Waals surface area contributed by atoms with Gasteiger partial charge in [-0.15, -0.1) is 0 Å². The highest BCUT2D eigenvalue weighted by atomic mass is 19.4. The van der Waals surface area contributed by atoms with Crippen molar-refractivity contribution < 1.29 is 22.3 Å². The number of halogens is 4. The highest BCUT2D eigenvalue weighted by molar-refractivity contribution is 6.01. The number of alkyl halides is 4. The fourth-order valence-electron chi connectivity index (χ4n) is 5.49. The molecule has 0 spiro atoms. The van der Waals surface area contributed by atoms with Crippen molar-refractivity contribution in [2.24, 2.45) is 18.7 Å². The summed E-state index contributed by atoms with van der Waals surface area (Å²) in [5.74, 6) is 1.53. The fraction of sp³-hybridized carbons (Fsp3) is 0.444. The van der Waals surface area contributed by atoms with E-state index in [1.165, 1.54) is 13.2 Å². The largest absolute Gasteiger partial charge is 0.494 e. The van der Waals surface area contributed by atoms with Crippen LogP contribution >= 0.6 is 0 Å². The normalized spacial score (nSPS) is 20.2. The van der Waals surface area contributed by atoms with E-state index >= 15 is 0 Å². The summed E-state index contributed by atoms with van der Waals surface area (Å²) in [7, 11) is 3.35. The molecule has 1 aliphatic carbocycles. The second-order valence-electron chi connectivity index (χ2n) is 10.6. The van der Waals surface area contributed by atoms with Crippen LogP contribution < -0.4 is 10.5 Å². The van der Waals surface area contributed by atoms with Crippen LogP contribution in [0.1, 0.15) is 30.5 Å². The van der Waals surface area contributed by atoms with Crippen molar-refractivity contribution in [1.29, 1.82) is 5.41 Å². The van der Waals surface area contributed by atoms with Gasteiger partial charge >= 0.3 is 6.18 Å². The molecule has 1 aromatic carbocycles. The molecule has 0 radical (unpaired) electrons. The first-order valence-electron chi connectivity index (χ1n) is 12.9. The summed E-state index contributed by atoms with van der Waals surface area (Å²) >= 11 is 0. The van der Waals surface area contributed by atoms with Gasteiger partial charge in [0.2, 0.25) is 0 Å². The van der Waals surface area contributed by atoms with E-state index in [0.717, 1.165) is 18.9 Å². The van der Waals surface area contributed by atoms with Gasteiger partial charge in [0, 0.05) is 37.1 Å². The molecule has 8 nitrogen and oxygen atoms in total. The van der Waals surface area contributed by atoms with Crippen LogP contribution in [0, 0.1) is 11.3 Å². The lowest BCUT2D eigenvalue weighted by molar-refractivity contribution is -0.141. The minimum absolute atomic E-state index is 0.0918. The van der Waals surface area contributed by atoms with Gasteiger partial charge in [0.25, 0.3) is 0 Å². The lowest BCUT2D eigenvalue weighted by Crippen LogP contribution is -2.50. The zero-order valence-corrected chi connectivity index (χ0v) is 21.6. The van der Waals surface area contributed by atoms with Gasteiger partial charge in [-0.25, -0.2) is 14.4 Å². The average Bonchev–Trinajstić information content (AvgIpc) is 3.55. The molecule has 1 aliphatic heterocycles. The Hall–Kier alpha value is -3.67. The molecule has 4 aromatic rings. The third-order valence-electron chi connectivity index (χ3n) is 7.58. The Labute approximate surface area is 221 Å². The number of nitrogens with one attached hydrogen (secondary N) is 1. The molecule has 1 saturated carbocycles. The SMILES string of the molecule is COc1cc(C(=N)N2C[C@H](N)C[C@@H](F)C2)cc2nc(-c3cc4ccc(C(F)(F)F)nc4n3CC3CC3)n(C)c12. The van der Waals surface area contributed by atoms with E-state index in [2.05, 4.69) is 4.98 Å². The highest BCUT2D eigenvalue weighted by Crippen LogP contribution is 2.38. The van der Waals surface area contributed by atoms with E-state index in [9.17, 15) is 17.6 Å². The van der Waals surface area contributed by atoms with E-state index < -0.39 is 18.0 Å². The Bertz CT molecular complexity index is 1580. The lowest BCUT2D eigenvalue weighted by Gasteiger charge is -2.34. The maximum Gasteiger partial charge on any atom is 0.433 e. The number of aryl methyl sites for hydroxylation is 1. The summed E-state index contributed by atoms with van der Waals surface area (Å²) in [5, 5.41) is 9.35. The van der Waals surface area contributed by atoms with Gasteiger partial charge in [0.1, 0.15) is 34.6 Å². The number of amidine groups is 1. The Balaban J connectivity index is 1.48. The molecule has 39 heavy (non-hydrogen) atoms. The number of benzene rings is 1. The van der Waals surface area contributed by atoms with Crippen molar-refractivity contribution >= 4 is 27.9 Å². The van der Waals surface area contributed by atoms with Crippen LogP contribution in [-0.2, 0) is 19.8 Å². The number of likely N-dealkylation sites (tertiary alicyclic amines) is 1. The molecule has 4 heterocycles. The minimum atomic E-state index is -4.55. The molecule has 2 fully saturated rings. The van der Waals surface area contributed by atoms with Gasteiger partial charge in [-0.2, -0.15) is 13.2 Å². The predicted molar refractivity (Wildman–Crippen MR) is 140 cm³/mol. The number of pyridine rings is 1. The molecule has 1 saturated heterocycles. The molecule has 6 rings (SSSR count). The van der Waals surface area contributed by atoms with E-state index in [1.807, 2.05) is 22.2 Å². The molecule has 12 heteroatoms. The summed E-state index contributed by atoms with van der Waals surface area (Å²) in [5.41, 5.74) is 7.74. The number of imidazole rings is 1. The molecule has 3 N–H and O–H groups in total. The molecule has 2 atom stereocenters. The van der Waals surface area contributed by atoms with Crippen molar-refractivity contribution in [2.75, 3.05) is 20.2 Å². The van der Waals surface area contributed by atoms with Crippen LogP contribution in [0.25, 0.3) is 33.6 Å². The predicted octanol–water partition coefficient (Wildman–Crippen LogP) is 4.72. The van der Waals surface area contributed by atoms with Crippen LogP contribution in [0.4, 0.5) is 17.6 Å². The Kier molecular flexibility index (Phi) is 6.05. The molecule has 206 valence electrons. The zero-order chi connectivity index (χ0) is 27.6. The summed E-state index contributed by atoms with van der Waals surface area (Å²) in [6.45, 7) is 1.01. The Morgan fingerprint density at radius 1 is 1.15 bits per heavy atom. The number of nitrogens with two attached hydrogens (primary N) is 1. The van der Waals surface area contributed by atoms with Crippen molar-refractivity contribution in [3.63, 3.8) is 0 Å². The molecule has 3 aromatic heterocycles. The molecular weight excluding hydrogens is 514 g/mol. The van der Waals surface area contributed by atoms with E-state index in [1.54, 1.807) is 17.0 Å². The first kappa shape index (κ1) is 25.6. The number of ether oxygens (including phenoxy) is 1. The quantitative estimate of drug-likeness (QED) is 0.216. The number of aromatic nitrogens is 4. The van der Waals surface area contributed by atoms with Gasteiger partial charge in [-0.1, -0.05) is 0 Å². The lowest BCUT2D eigenvalue weighted by atomic mass is 10.0. The Morgan fingerprint density at radius 2 is 1.92 bits per heavy atom. The van der Waals surface area contributed by atoms with E-state index in [-0.39, 0.29) is 30.5 Å². The van der Waals surface area contributed by atoms with Crippen LogP contribution in [-0.4, -0.2) is 62.3 Å². The Morgan fingerprint density at radius 3 is 2.59 bits per heavy atom. The second kappa shape index (κ2) is 9.22. The number of piperidine rings is 1. The van der Waals surface area contributed by atoms with Gasteiger partial charge in [-0.05, 0) is 55.5 Å². The average molecular weight is 544 g/mol. The molecule has 2 aliphatic rings. The first-order chi connectivity index (χ1) is 18.5. The number of fused-ring (bicyclic) bond motifs is 2. The topological polar surface area (TPSA) is 98.0 Å². The van der Waals surface area contributed by atoms with Gasteiger partial charge in [0.05, 0.1) is 24.9 Å². The standard InChI is InChI=1S/C27H29F4N7O/c1-36-23-19(7-16(9-21(23)39-2)24(33)37-12-17(28)10-18(32)13-37)34-26(36)20-8-15-5-6-22(27(29,30)31)35-25(15)38(20)11-14-3-4-14/h5-9,14,17-18,33H,3-4,10-13,32H2,1-2H3/t17-,18-/m1/s1. The van der Waals surface area contributed by atoms with Crippen molar-refractivity contribution in [3.8, 4) is 17.3 Å². The van der Waals surface area contributed by atoms with Crippen molar-refractivity contribution in [3.05, 3.63) is 41.6 Å². The number of hydrogen-bond acceptors (Lipinski definition) is 5. The third kappa shape index (κ3) is 4.60. The number of rotatable bonds is 5. The zero-order valence-electron chi connectivity index (χ0n) is 21.6. The van der Waals surface area contributed by atoms with Gasteiger partial charge in [-0.3, -0.25) is 5.41 Å². The van der Waals surface area contributed by atoms with Crippen molar-refractivity contribution in [2.45, 2.75) is 44.2 Å². The van der Waals surface area contributed by atoms with Gasteiger partial charge < -0.3 is 24.5 Å². The van der Waals surface area contributed by atoms with Crippen LogP contribution in [0.3, 0.4) is 0 Å². The number of nitrogens with zero attached hydrogens (tertiary/aromatic N) is 5. The first-order valence-corrected chi connectivity index (χ1v) is 12.9. The maximum absolute atomic E-state index is 14.2. The van der Waals surface area contributed by atoms with Crippen molar-refractivity contribution in [1.82, 2.24) is 24.0 Å².